The maximum absolute atomic E-state index is 12.0. The van der Waals surface area contributed by atoms with Gasteiger partial charge < -0.3 is 15.4 Å². The maximum Gasteiger partial charge on any atom is 0.242 e. The molecule has 0 aliphatic rings. The number of aryl methyl sites for hydroxylation is 1. The van der Waals surface area contributed by atoms with Crippen molar-refractivity contribution in [1.29, 1.82) is 0 Å². The topological polar surface area (TPSA) is 68.2 Å². The van der Waals surface area contributed by atoms with Crippen LogP contribution in [0.4, 0.5) is 0 Å². The first kappa shape index (κ1) is 17.7. The lowest BCUT2D eigenvalue weighted by molar-refractivity contribution is -0.123. The molecule has 1 amide bonds. The molecule has 0 saturated heterocycles. The molecule has 0 unspecified atom stereocenters. The van der Waals surface area contributed by atoms with Gasteiger partial charge >= 0.3 is 0 Å². The van der Waals surface area contributed by atoms with E-state index in [9.17, 15) is 4.79 Å². The van der Waals surface area contributed by atoms with Crippen LogP contribution in [0, 0.1) is 13.8 Å². The summed E-state index contributed by atoms with van der Waals surface area (Å²) >= 11 is 0. The minimum absolute atomic E-state index is 0.0213. The minimum atomic E-state index is -0.224. The Kier molecular flexibility index (Phi) is 6.36. The van der Waals surface area contributed by atoms with Crippen LogP contribution in [0.2, 0.25) is 0 Å². The van der Waals surface area contributed by atoms with E-state index in [0.717, 1.165) is 30.0 Å². The first-order valence-electron chi connectivity index (χ1n) is 7.28. The van der Waals surface area contributed by atoms with Gasteiger partial charge in [-0.2, -0.15) is 5.10 Å². The molecule has 1 rings (SSSR count). The fourth-order valence-electron chi connectivity index (χ4n) is 2.13. The summed E-state index contributed by atoms with van der Waals surface area (Å²) in [5, 5.41) is 10.7. The van der Waals surface area contributed by atoms with Gasteiger partial charge in [0.1, 0.15) is 6.54 Å². The third kappa shape index (κ3) is 5.85. The molecule has 6 heteroatoms. The van der Waals surface area contributed by atoms with Gasteiger partial charge in [-0.15, -0.1) is 0 Å². The highest BCUT2D eigenvalue weighted by molar-refractivity contribution is 5.76. The third-order valence-electron chi connectivity index (χ3n) is 3.12. The summed E-state index contributed by atoms with van der Waals surface area (Å²) in [6, 6.07) is 0. The molecule has 120 valence electrons. The van der Waals surface area contributed by atoms with Gasteiger partial charge in [0.05, 0.1) is 12.3 Å². The number of hydrogen-bond acceptors (Lipinski definition) is 4. The van der Waals surface area contributed by atoms with E-state index in [2.05, 4.69) is 15.7 Å². The molecule has 2 N–H and O–H groups in total. The van der Waals surface area contributed by atoms with Crippen LogP contribution >= 0.6 is 0 Å². The summed E-state index contributed by atoms with van der Waals surface area (Å²) in [7, 11) is 1.68. The van der Waals surface area contributed by atoms with Gasteiger partial charge in [0, 0.05) is 37.0 Å². The highest BCUT2D eigenvalue weighted by Gasteiger charge is 2.17. The molecular formula is C15H28N4O2. The Morgan fingerprint density at radius 1 is 1.33 bits per heavy atom. The molecule has 1 heterocycles. The zero-order valence-corrected chi connectivity index (χ0v) is 14.0. The molecule has 6 nitrogen and oxygen atoms in total. The van der Waals surface area contributed by atoms with Crippen molar-refractivity contribution in [3.8, 4) is 0 Å². The molecule has 0 saturated carbocycles. The number of ether oxygens (including phenoxy) is 1. The van der Waals surface area contributed by atoms with Gasteiger partial charge in [-0.3, -0.25) is 9.48 Å². The summed E-state index contributed by atoms with van der Waals surface area (Å²) in [6.45, 7) is 12.3. The Morgan fingerprint density at radius 3 is 2.57 bits per heavy atom. The molecule has 0 aliphatic heterocycles. The van der Waals surface area contributed by atoms with Gasteiger partial charge in [0.15, 0.2) is 0 Å². The van der Waals surface area contributed by atoms with Crippen LogP contribution in [-0.2, 0) is 22.6 Å². The van der Waals surface area contributed by atoms with Crippen molar-refractivity contribution in [2.75, 3.05) is 20.3 Å². The largest absolute Gasteiger partial charge is 0.383 e. The maximum atomic E-state index is 12.0. The van der Waals surface area contributed by atoms with Crippen LogP contribution in [-0.4, -0.2) is 41.5 Å². The summed E-state index contributed by atoms with van der Waals surface area (Å²) in [5.41, 5.74) is 2.91. The predicted molar refractivity (Wildman–Crippen MR) is 83.2 cm³/mol. The van der Waals surface area contributed by atoms with Gasteiger partial charge in [-0.25, -0.2) is 0 Å². The Bertz CT molecular complexity index is 475. The first-order chi connectivity index (χ1) is 9.74. The number of rotatable bonds is 7. The fraction of sp³-hybridized carbons (Fsp3) is 0.733. The summed E-state index contributed by atoms with van der Waals surface area (Å²) in [4.78, 5) is 12.0. The second-order valence-electron chi connectivity index (χ2n) is 6.27. The van der Waals surface area contributed by atoms with Crippen molar-refractivity contribution in [1.82, 2.24) is 20.4 Å². The van der Waals surface area contributed by atoms with Crippen LogP contribution in [0.25, 0.3) is 0 Å². The van der Waals surface area contributed by atoms with Crippen molar-refractivity contribution < 1.29 is 9.53 Å². The SMILES string of the molecule is COCCNCc1c(C)nn(CC(=O)NC(C)(C)C)c1C. The van der Waals surface area contributed by atoms with E-state index in [1.165, 1.54) is 0 Å². The van der Waals surface area contributed by atoms with Crippen LogP contribution in [0.3, 0.4) is 0 Å². The van der Waals surface area contributed by atoms with Crippen molar-refractivity contribution in [2.45, 2.75) is 53.2 Å². The van der Waals surface area contributed by atoms with E-state index < -0.39 is 0 Å². The van der Waals surface area contributed by atoms with Gasteiger partial charge in [-0.1, -0.05) is 0 Å². The Balaban J connectivity index is 2.66. The molecule has 21 heavy (non-hydrogen) atoms. The first-order valence-corrected chi connectivity index (χ1v) is 7.28. The Morgan fingerprint density at radius 2 is 2.00 bits per heavy atom. The number of carbonyl (C=O) groups excluding carboxylic acids is 1. The van der Waals surface area contributed by atoms with Crippen molar-refractivity contribution in [2.24, 2.45) is 0 Å². The van der Waals surface area contributed by atoms with Crippen molar-refractivity contribution in [3.05, 3.63) is 17.0 Å². The van der Waals surface area contributed by atoms with Crippen molar-refractivity contribution in [3.63, 3.8) is 0 Å². The third-order valence-corrected chi connectivity index (χ3v) is 3.12. The number of nitrogens with one attached hydrogen (secondary N) is 2. The molecule has 0 bridgehead atoms. The van der Waals surface area contributed by atoms with Gasteiger partial charge in [0.2, 0.25) is 5.91 Å². The van der Waals surface area contributed by atoms with Gasteiger partial charge in [0.25, 0.3) is 0 Å². The predicted octanol–water partition coefficient (Wildman–Crippen LogP) is 1.15. The molecule has 0 aliphatic carbocycles. The molecule has 0 radical (unpaired) electrons. The Labute approximate surface area is 127 Å². The second kappa shape index (κ2) is 7.56. The number of carbonyl (C=O) groups is 1. The average molecular weight is 296 g/mol. The summed E-state index contributed by atoms with van der Waals surface area (Å²) in [5.74, 6) is -0.0213. The smallest absolute Gasteiger partial charge is 0.242 e. The van der Waals surface area contributed by atoms with Crippen LogP contribution in [0.5, 0.6) is 0 Å². The second-order valence-corrected chi connectivity index (χ2v) is 6.27. The minimum Gasteiger partial charge on any atom is -0.383 e. The Hall–Kier alpha value is -1.40. The normalized spacial score (nSPS) is 11.7. The van der Waals surface area contributed by atoms with E-state index in [1.54, 1.807) is 11.8 Å². The zero-order valence-electron chi connectivity index (χ0n) is 14.0. The van der Waals surface area contributed by atoms with Crippen molar-refractivity contribution >= 4 is 5.91 Å². The number of hydrogen-bond donors (Lipinski definition) is 2. The molecule has 0 fully saturated rings. The summed E-state index contributed by atoms with van der Waals surface area (Å²) < 4.78 is 6.78. The average Bonchev–Trinajstić information content (AvgIpc) is 2.59. The van der Waals surface area contributed by atoms with E-state index in [-0.39, 0.29) is 18.0 Å². The number of amides is 1. The van der Waals surface area contributed by atoms with E-state index >= 15 is 0 Å². The summed E-state index contributed by atoms with van der Waals surface area (Å²) in [6.07, 6.45) is 0. The zero-order chi connectivity index (χ0) is 16.0. The van der Waals surface area contributed by atoms with Crippen LogP contribution in [0.1, 0.15) is 37.7 Å². The van der Waals surface area contributed by atoms with E-state index in [0.29, 0.717) is 6.61 Å². The molecule has 1 aromatic heterocycles. The fourth-order valence-corrected chi connectivity index (χ4v) is 2.13. The molecule has 0 spiro atoms. The van der Waals surface area contributed by atoms with Crippen LogP contribution < -0.4 is 10.6 Å². The lowest BCUT2D eigenvalue weighted by atomic mass is 10.1. The van der Waals surface area contributed by atoms with Gasteiger partial charge in [-0.05, 0) is 34.6 Å². The number of nitrogens with zero attached hydrogens (tertiary/aromatic N) is 2. The standard InChI is InChI=1S/C15H28N4O2/c1-11-13(9-16-7-8-21-6)12(2)19(18-11)10-14(20)17-15(3,4)5/h16H,7-10H2,1-6H3,(H,17,20). The lowest BCUT2D eigenvalue weighted by Crippen LogP contribution is -2.42. The number of methoxy groups -OCH3 is 1. The number of aromatic nitrogens is 2. The van der Waals surface area contributed by atoms with E-state index in [4.69, 9.17) is 4.74 Å². The highest BCUT2D eigenvalue weighted by Crippen LogP contribution is 2.12. The van der Waals surface area contributed by atoms with Crippen LogP contribution in [0.15, 0.2) is 0 Å². The molecule has 0 atom stereocenters. The highest BCUT2D eigenvalue weighted by atomic mass is 16.5. The molecular weight excluding hydrogens is 268 g/mol. The lowest BCUT2D eigenvalue weighted by Gasteiger charge is -2.20. The quantitative estimate of drug-likeness (QED) is 0.741. The molecule has 1 aromatic rings. The monoisotopic (exact) mass is 296 g/mol. The van der Waals surface area contributed by atoms with E-state index in [1.807, 2.05) is 34.6 Å². The molecule has 0 aromatic carbocycles.